The summed E-state index contributed by atoms with van der Waals surface area (Å²) in [6.07, 6.45) is 1.03. The zero-order valence-corrected chi connectivity index (χ0v) is 11.1. The first kappa shape index (κ1) is 11.3. The minimum Gasteiger partial charge on any atom is -0.379 e. The maximum absolute atomic E-state index is 5.75. The molecular formula is C11H13N3OS2. The molecule has 4 nitrogen and oxygen atoms in total. The molecule has 2 aromatic heterocycles. The van der Waals surface area contributed by atoms with Gasteiger partial charge in [-0.2, -0.15) is 0 Å². The SMILES string of the molecule is CCc1cc2c(SC3COC3)nc(N)nc2s1. The van der Waals surface area contributed by atoms with Crippen LogP contribution in [0.4, 0.5) is 5.95 Å². The number of nitrogens with zero attached hydrogens (tertiary/aromatic N) is 2. The fourth-order valence-electron chi connectivity index (χ4n) is 1.66. The van der Waals surface area contributed by atoms with Crippen LogP contribution in [0.25, 0.3) is 10.2 Å². The van der Waals surface area contributed by atoms with Gasteiger partial charge in [0, 0.05) is 10.3 Å². The number of thiophene rings is 1. The highest BCUT2D eigenvalue weighted by atomic mass is 32.2. The van der Waals surface area contributed by atoms with Crippen LogP contribution in [0.2, 0.25) is 0 Å². The summed E-state index contributed by atoms with van der Waals surface area (Å²) in [5.74, 6) is 0.366. The molecule has 0 unspecified atom stereocenters. The summed E-state index contributed by atoms with van der Waals surface area (Å²) in [5.41, 5.74) is 5.75. The molecule has 90 valence electrons. The molecule has 17 heavy (non-hydrogen) atoms. The fourth-order valence-corrected chi connectivity index (χ4v) is 3.78. The normalized spacial score (nSPS) is 16.3. The fraction of sp³-hybridized carbons (Fsp3) is 0.455. The van der Waals surface area contributed by atoms with E-state index < -0.39 is 0 Å². The van der Waals surface area contributed by atoms with E-state index in [1.54, 1.807) is 23.1 Å². The van der Waals surface area contributed by atoms with Crippen molar-refractivity contribution in [1.29, 1.82) is 0 Å². The number of nitrogen functional groups attached to an aromatic ring is 1. The number of fused-ring (bicyclic) bond motifs is 1. The van der Waals surface area contributed by atoms with Crippen LogP contribution < -0.4 is 5.73 Å². The van der Waals surface area contributed by atoms with Crippen LogP contribution >= 0.6 is 23.1 Å². The summed E-state index contributed by atoms with van der Waals surface area (Å²) in [7, 11) is 0. The second kappa shape index (κ2) is 4.44. The molecule has 0 saturated carbocycles. The van der Waals surface area contributed by atoms with Gasteiger partial charge in [-0.3, -0.25) is 0 Å². The first-order chi connectivity index (χ1) is 8.26. The number of ether oxygens (including phenoxy) is 1. The highest BCUT2D eigenvalue weighted by Gasteiger charge is 2.22. The van der Waals surface area contributed by atoms with E-state index in [2.05, 4.69) is 23.0 Å². The van der Waals surface area contributed by atoms with E-state index in [1.165, 1.54) is 4.88 Å². The summed E-state index contributed by atoms with van der Waals surface area (Å²) in [5, 5.41) is 2.65. The lowest BCUT2D eigenvalue weighted by molar-refractivity contribution is 0.0455. The Kier molecular flexibility index (Phi) is 2.94. The number of nitrogens with two attached hydrogens (primary N) is 1. The second-order valence-electron chi connectivity index (χ2n) is 3.95. The molecule has 0 spiro atoms. The highest BCUT2D eigenvalue weighted by Crippen LogP contribution is 2.35. The van der Waals surface area contributed by atoms with Crippen LogP contribution in [0.15, 0.2) is 11.1 Å². The van der Waals surface area contributed by atoms with Gasteiger partial charge in [0.15, 0.2) is 0 Å². The van der Waals surface area contributed by atoms with Gasteiger partial charge in [0.1, 0.15) is 9.86 Å². The van der Waals surface area contributed by atoms with Gasteiger partial charge in [-0.1, -0.05) is 18.7 Å². The van der Waals surface area contributed by atoms with Gasteiger partial charge >= 0.3 is 0 Å². The Bertz CT molecular complexity index is 551. The average molecular weight is 267 g/mol. The van der Waals surface area contributed by atoms with E-state index >= 15 is 0 Å². The van der Waals surface area contributed by atoms with Gasteiger partial charge in [-0.25, -0.2) is 9.97 Å². The Hall–Kier alpha value is -0.850. The monoisotopic (exact) mass is 267 g/mol. The van der Waals surface area contributed by atoms with Crippen LogP contribution in [0.1, 0.15) is 11.8 Å². The Labute approximate surface area is 108 Å². The highest BCUT2D eigenvalue weighted by molar-refractivity contribution is 8.00. The Morgan fingerprint density at radius 2 is 2.35 bits per heavy atom. The van der Waals surface area contributed by atoms with Crippen molar-refractivity contribution in [2.24, 2.45) is 0 Å². The summed E-state index contributed by atoms with van der Waals surface area (Å²) in [6, 6.07) is 2.18. The predicted octanol–water partition coefficient (Wildman–Crippen LogP) is 2.33. The molecule has 0 aromatic carbocycles. The standard InChI is InChI=1S/C11H13N3OS2/c1-2-6-3-8-9(16-6)13-11(12)14-10(8)17-7-4-15-5-7/h3,7H,2,4-5H2,1H3,(H2,12,13,14). The van der Waals surface area contributed by atoms with Gasteiger partial charge in [-0.15, -0.1) is 11.3 Å². The number of thioether (sulfide) groups is 1. The summed E-state index contributed by atoms with van der Waals surface area (Å²) < 4.78 is 5.18. The number of hydrogen-bond acceptors (Lipinski definition) is 6. The molecule has 1 saturated heterocycles. The maximum atomic E-state index is 5.75. The van der Waals surface area contributed by atoms with Gasteiger partial charge in [-0.05, 0) is 12.5 Å². The molecule has 0 aliphatic carbocycles. The lowest BCUT2D eigenvalue weighted by Gasteiger charge is -2.24. The van der Waals surface area contributed by atoms with Crippen molar-refractivity contribution in [3.63, 3.8) is 0 Å². The van der Waals surface area contributed by atoms with E-state index in [9.17, 15) is 0 Å². The predicted molar refractivity (Wildman–Crippen MR) is 71.7 cm³/mol. The first-order valence-corrected chi connectivity index (χ1v) is 7.26. The van der Waals surface area contributed by atoms with Crippen LogP contribution in [-0.4, -0.2) is 28.4 Å². The van der Waals surface area contributed by atoms with Gasteiger partial charge in [0.25, 0.3) is 0 Å². The van der Waals surface area contributed by atoms with Crippen LogP contribution in [0.3, 0.4) is 0 Å². The number of aromatic nitrogens is 2. The van der Waals surface area contributed by atoms with Gasteiger partial charge in [0.2, 0.25) is 5.95 Å². The first-order valence-electron chi connectivity index (χ1n) is 5.56. The van der Waals surface area contributed by atoms with Crippen molar-refractivity contribution in [2.45, 2.75) is 23.6 Å². The summed E-state index contributed by atoms with van der Waals surface area (Å²) >= 11 is 3.45. The van der Waals surface area contributed by atoms with E-state index in [4.69, 9.17) is 10.5 Å². The Morgan fingerprint density at radius 1 is 1.53 bits per heavy atom. The molecule has 2 aromatic rings. The zero-order valence-electron chi connectivity index (χ0n) is 9.47. The Morgan fingerprint density at radius 3 is 3.00 bits per heavy atom. The molecule has 3 rings (SSSR count). The number of aryl methyl sites for hydroxylation is 1. The van der Waals surface area contributed by atoms with E-state index in [0.717, 1.165) is 34.9 Å². The smallest absolute Gasteiger partial charge is 0.222 e. The van der Waals surface area contributed by atoms with Crippen molar-refractivity contribution in [1.82, 2.24) is 9.97 Å². The number of rotatable bonds is 3. The average Bonchev–Trinajstić information content (AvgIpc) is 2.65. The molecule has 6 heteroatoms. The molecule has 0 bridgehead atoms. The molecule has 1 aliphatic heterocycles. The second-order valence-corrected chi connectivity index (χ2v) is 6.35. The molecular weight excluding hydrogens is 254 g/mol. The van der Waals surface area contributed by atoms with E-state index in [0.29, 0.717) is 11.2 Å². The molecule has 0 amide bonds. The lowest BCUT2D eigenvalue weighted by Crippen LogP contribution is -2.30. The largest absolute Gasteiger partial charge is 0.379 e. The maximum Gasteiger partial charge on any atom is 0.222 e. The third-order valence-electron chi connectivity index (χ3n) is 2.66. The quantitative estimate of drug-likeness (QED) is 0.865. The van der Waals surface area contributed by atoms with Crippen LogP contribution in [-0.2, 0) is 11.2 Å². The van der Waals surface area contributed by atoms with Crippen molar-refractivity contribution < 1.29 is 4.74 Å². The van der Waals surface area contributed by atoms with Crippen molar-refractivity contribution >= 4 is 39.3 Å². The lowest BCUT2D eigenvalue weighted by atomic mass is 10.3. The molecule has 1 aliphatic rings. The van der Waals surface area contributed by atoms with Crippen LogP contribution in [0, 0.1) is 0 Å². The summed E-state index contributed by atoms with van der Waals surface area (Å²) in [4.78, 5) is 11.0. The van der Waals surface area contributed by atoms with Crippen LogP contribution in [0.5, 0.6) is 0 Å². The van der Waals surface area contributed by atoms with Crippen molar-refractivity contribution in [2.75, 3.05) is 18.9 Å². The van der Waals surface area contributed by atoms with E-state index in [1.807, 2.05) is 0 Å². The molecule has 0 atom stereocenters. The van der Waals surface area contributed by atoms with Gasteiger partial charge < -0.3 is 10.5 Å². The molecule has 1 fully saturated rings. The molecule has 3 heterocycles. The topological polar surface area (TPSA) is 61.0 Å². The van der Waals surface area contributed by atoms with Crippen molar-refractivity contribution in [3.05, 3.63) is 10.9 Å². The minimum atomic E-state index is 0.366. The summed E-state index contributed by atoms with van der Waals surface area (Å²) in [6.45, 7) is 3.76. The van der Waals surface area contributed by atoms with Crippen molar-refractivity contribution in [3.8, 4) is 0 Å². The van der Waals surface area contributed by atoms with Gasteiger partial charge in [0.05, 0.1) is 18.5 Å². The Balaban J connectivity index is 2.04. The third kappa shape index (κ3) is 2.12. The minimum absolute atomic E-state index is 0.366. The third-order valence-corrected chi connectivity index (χ3v) is 4.97. The number of hydrogen-bond donors (Lipinski definition) is 1. The molecule has 2 N–H and O–H groups in total. The molecule has 0 radical (unpaired) electrons. The number of anilines is 1. The van der Waals surface area contributed by atoms with E-state index in [-0.39, 0.29) is 0 Å². The zero-order chi connectivity index (χ0) is 11.8.